The Hall–Kier alpha value is -0.330. The van der Waals surface area contributed by atoms with Gasteiger partial charge in [0.2, 0.25) is 0 Å². The number of ketones is 1. The van der Waals surface area contributed by atoms with Crippen LogP contribution in [-0.4, -0.2) is 5.78 Å². The minimum Gasteiger partial charge on any atom is -0.299 e. The molecule has 0 radical (unpaired) electrons. The summed E-state index contributed by atoms with van der Waals surface area (Å²) >= 11 is 0. The molecule has 0 saturated heterocycles. The molecule has 13 heavy (non-hydrogen) atoms. The Morgan fingerprint density at radius 3 is 2.23 bits per heavy atom. The summed E-state index contributed by atoms with van der Waals surface area (Å²) in [5.74, 6) is 1.81. The SMILES string of the molecule is O=C1CCCC[C@H]1C1CCCCC1. The van der Waals surface area contributed by atoms with Crippen LogP contribution in [0.5, 0.6) is 0 Å². The van der Waals surface area contributed by atoms with Crippen LogP contribution in [0, 0.1) is 11.8 Å². The Bertz CT molecular complexity index is 180. The summed E-state index contributed by atoms with van der Waals surface area (Å²) in [6.07, 6.45) is 11.3. The molecule has 0 heterocycles. The van der Waals surface area contributed by atoms with Gasteiger partial charge in [-0.3, -0.25) is 4.79 Å². The van der Waals surface area contributed by atoms with E-state index >= 15 is 0 Å². The average Bonchev–Trinajstić information content (AvgIpc) is 2.20. The van der Waals surface area contributed by atoms with Gasteiger partial charge in [0.1, 0.15) is 5.78 Å². The lowest BCUT2D eigenvalue weighted by Gasteiger charge is -2.31. The molecule has 0 amide bonds. The molecule has 0 aromatic heterocycles. The molecule has 2 aliphatic rings. The second-order valence-electron chi connectivity index (χ2n) is 4.72. The lowest BCUT2D eigenvalue weighted by Crippen LogP contribution is -2.28. The maximum Gasteiger partial charge on any atom is 0.136 e. The smallest absolute Gasteiger partial charge is 0.136 e. The number of hydrogen-bond acceptors (Lipinski definition) is 1. The summed E-state index contributed by atoms with van der Waals surface area (Å²) < 4.78 is 0. The van der Waals surface area contributed by atoms with Crippen molar-refractivity contribution in [3.63, 3.8) is 0 Å². The molecule has 2 rings (SSSR count). The van der Waals surface area contributed by atoms with Crippen molar-refractivity contribution in [1.82, 2.24) is 0 Å². The summed E-state index contributed by atoms with van der Waals surface area (Å²) in [7, 11) is 0. The van der Waals surface area contributed by atoms with E-state index in [2.05, 4.69) is 0 Å². The molecule has 1 nitrogen and oxygen atoms in total. The van der Waals surface area contributed by atoms with Crippen LogP contribution in [0.2, 0.25) is 0 Å². The summed E-state index contributed by atoms with van der Waals surface area (Å²) in [5.41, 5.74) is 0. The number of rotatable bonds is 1. The van der Waals surface area contributed by atoms with Gasteiger partial charge in [0.05, 0.1) is 0 Å². The van der Waals surface area contributed by atoms with Gasteiger partial charge >= 0.3 is 0 Å². The highest BCUT2D eigenvalue weighted by molar-refractivity contribution is 5.81. The summed E-state index contributed by atoms with van der Waals surface area (Å²) in [6.45, 7) is 0. The van der Waals surface area contributed by atoms with Crippen molar-refractivity contribution >= 4 is 5.78 Å². The molecule has 74 valence electrons. The summed E-state index contributed by atoms with van der Waals surface area (Å²) in [5, 5.41) is 0. The van der Waals surface area contributed by atoms with E-state index < -0.39 is 0 Å². The highest BCUT2D eigenvalue weighted by Crippen LogP contribution is 2.36. The standard InChI is InChI=1S/C12H20O/c13-12-9-5-4-8-11(12)10-6-2-1-3-7-10/h10-11H,1-9H2/t11-/m0/s1. The maximum absolute atomic E-state index is 11.7. The van der Waals surface area contributed by atoms with E-state index in [-0.39, 0.29) is 0 Å². The molecule has 0 aromatic carbocycles. The van der Waals surface area contributed by atoms with Crippen molar-refractivity contribution in [2.75, 3.05) is 0 Å². The largest absolute Gasteiger partial charge is 0.299 e. The zero-order valence-electron chi connectivity index (χ0n) is 8.43. The third kappa shape index (κ3) is 2.12. The average molecular weight is 180 g/mol. The fourth-order valence-electron chi connectivity index (χ4n) is 3.04. The molecule has 1 heteroatoms. The van der Waals surface area contributed by atoms with Crippen LogP contribution in [0.25, 0.3) is 0 Å². The topological polar surface area (TPSA) is 17.1 Å². The predicted octanol–water partition coefficient (Wildman–Crippen LogP) is 3.33. The lowest BCUT2D eigenvalue weighted by atomic mass is 9.73. The lowest BCUT2D eigenvalue weighted by molar-refractivity contribution is -0.126. The first-order valence-electron chi connectivity index (χ1n) is 5.90. The molecule has 0 aromatic rings. The van der Waals surface area contributed by atoms with Gasteiger partial charge in [-0.25, -0.2) is 0 Å². The highest BCUT2D eigenvalue weighted by atomic mass is 16.1. The predicted molar refractivity (Wildman–Crippen MR) is 53.5 cm³/mol. The first kappa shape index (κ1) is 9.23. The first-order valence-corrected chi connectivity index (χ1v) is 5.90. The molecular formula is C12H20O. The van der Waals surface area contributed by atoms with Crippen LogP contribution in [0.1, 0.15) is 57.8 Å². The quantitative estimate of drug-likeness (QED) is 0.605. The molecular weight excluding hydrogens is 160 g/mol. The fraction of sp³-hybridized carbons (Fsp3) is 0.917. The maximum atomic E-state index is 11.7. The third-order valence-electron chi connectivity index (χ3n) is 3.82. The second-order valence-corrected chi connectivity index (χ2v) is 4.72. The zero-order valence-corrected chi connectivity index (χ0v) is 8.43. The number of carbonyl (C=O) groups is 1. The van der Waals surface area contributed by atoms with E-state index in [0.29, 0.717) is 11.7 Å². The van der Waals surface area contributed by atoms with E-state index in [4.69, 9.17) is 0 Å². The van der Waals surface area contributed by atoms with Gasteiger partial charge in [-0.1, -0.05) is 25.7 Å². The Labute approximate surface area is 80.9 Å². The summed E-state index contributed by atoms with van der Waals surface area (Å²) in [6, 6.07) is 0. The van der Waals surface area contributed by atoms with Crippen molar-refractivity contribution in [3.05, 3.63) is 0 Å². The van der Waals surface area contributed by atoms with Crippen LogP contribution in [0.3, 0.4) is 0 Å². The molecule has 0 N–H and O–H groups in total. The van der Waals surface area contributed by atoms with Crippen LogP contribution >= 0.6 is 0 Å². The van der Waals surface area contributed by atoms with Gasteiger partial charge in [0.15, 0.2) is 0 Å². The molecule has 0 spiro atoms. The Morgan fingerprint density at radius 1 is 0.846 bits per heavy atom. The minimum absolute atomic E-state index is 0.467. The van der Waals surface area contributed by atoms with E-state index in [1.54, 1.807) is 0 Å². The van der Waals surface area contributed by atoms with Crippen molar-refractivity contribution in [2.24, 2.45) is 11.8 Å². The van der Waals surface area contributed by atoms with Crippen molar-refractivity contribution in [3.8, 4) is 0 Å². The number of hydrogen-bond donors (Lipinski definition) is 0. The molecule has 0 unspecified atom stereocenters. The molecule has 1 atom stereocenters. The second kappa shape index (κ2) is 4.26. The number of Topliss-reactive ketones (excluding diaryl/α,β-unsaturated/α-hetero) is 1. The van der Waals surface area contributed by atoms with Gasteiger partial charge in [-0.2, -0.15) is 0 Å². The van der Waals surface area contributed by atoms with E-state index in [1.165, 1.54) is 44.9 Å². The molecule has 0 aliphatic heterocycles. The normalized spacial score (nSPS) is 32.0. The highest BCUT2D eigenvalue weighted by Gasteiger charge is 2.30. The van der Waals surface area contributed by atoms with Gasteiger partial charge in [0.25, 0.3) is 0 Å². The van der Waals surface area contributed by atoms with Gasteiger partial charge < -0.3 is 0 Å². The van der Waals surface area contributed by atoms with Gasteiger partial charge in [0, 0.05) is 12.3 Å². The molecule has 2 saturated carbocycles. The minimum atomic E-state index is 0.467. The number of carbonyl (C=O) groups excluding carboxylic acids is 1. The van der Waals surface area contributed by atoms with E-state index in [9.17, 15) is 4.79 Å². The van der Waals surface area contributed by atoms with Gasteiger partial charge in [-0.15, -0.1) is 0 Å². The zero-order chi connectivity index (χ0) is 9.10. The fourth-order valence-corrected chi connectivity index (χ4v) is 3.04. The van der Waals surface area contributed by atoms with Crippen molar-refractivity contribution in [2.45, 2.75) is 57.8 Å². The Balaban J connectivity index is 1.92. The monoisotopic (exact) mass is 180 g/mol. The molecule has 2 fully saturated rings. The Kier molecular flexibility index (Phi) is 3.02. The first-order chi connectivity index (χ1) is 6.38. The van der Waals surface area contributed by atoms with Crippen LogP contribution in [0.4, 0.5) is 0 Å². The summed E-state index contributed by atoms with van der Waals surface area (Å²) in [4.78, 5) is 11.7. The van der Waals surface area contributed by atoms with Crippen molar-refractivity contribution in [1.29, 1.82) is 0 Å². The molecule has 0 bridgehead atoms. The van der Waals surface area contributed by atoms with Crippen molar-refractivity contribution < 1.29 is 4.79 Å². The van der Waals surface area contributed by atoms with Crippen LogP contribution in [0.15, 0.2) is 0 Å². The third-order valence-corrected chi connectivity index (χ3v) is 3.82. The van der Waals surface area contributed by atoms with E-state index in [1.807, 2.05) is 0 Å². The van der Waals surface area contributed by atoms with Gasteiger partial charge in [-0.05, 0) is 31.6 Å². The Morgan fingerprint density at radius 2 is 1.54 bits per heavy atom. The van der Waals surface area contributed by atoms with E-state index in [0.717, 1.165) is 18.8 Å². The van der Waals surface area contributed by atoms with Crippen LogP contribution in [-0.2, 0) is 4.79 Å². The van der Waals surface area contributed by atoms with Crippen LogP contribution < -0.4 is 0 Å². The molecule has 2 aliphatic carbocycles.